The minimum Gasteiger partial charge on any atom is -0.341 e. The van der Waals surface area contributed by atoms with Crippen LogP contribution in [-0.4, -0.2) is 28.0 Å². The van der Waals surface area contributed by atoms with Crippen LogP contribution in [-0.2, 0) is 17.8 Å². The first-order valence-corrected chi connectivity index (χ1v) is 10.2. The summed E-state index contributed by atoms with van der Waals surface area (Å²) in [7, 11) is 1.65. The number of hydrogen-bond acceptors (Lipinski definition) is 4. The quantitative estimate of drug-likeness (QED) is 0.477. The number of benzene rings is 2. The molecule has 0 saturated heterocycles. The highest BCUT2D eigenvalue weighted by molar-refractivity contribution is 9.10. The van der Waals surface area contributed by atoms with Crippen molar-refractivity contribution in [2.24, 2.45) is 0 Å². The van der Waals surface area contributed by atoms with Crippen molar-refractivity contribution in [2.45, 2.75) is 39.2 Å². The van der Waals surface area contributed by atoms with Gasteiger partial charge in [0, 0.05) is 42.0 Å². The lowest BCUT2D eigenvalue weighted by atomic mass is 10.0. The van der Waals surface area contributed by atoms with E-state index in [0.29, 0.717) is 29.6 Å². The highest BCUT2D eigenvalue weighted by Crippen LogP contribution is 2.21. The van der Waals surface area contributed by atoms with Crippen molar-refractivity contribution in [3.63, 3.8) is 0 Å². The van der Waals surface area contributed by atoms with Crippen LogP contribution in [0.4, 0.5) is 4.39 Å². The van der Waals surface area contributed by atoms with E-state index in [9.17, 15) is 9.18 Å². The first-order valence-electron chi connectivity index (χ1n) is 9.44. The van der Waals surface area contributed by atoms with Gasteiger partial charge < -0.3 is 9.42 Å². The van der Waals surface area contributed by atoms with Crippen LogP contribution in [0.2, 0.25) is 0 Å². The van der Waals surface area contributed by atoms with Gasteiger partial charge in [-0.25, -0.2) is 4.39 Å². The Morgan fingerprint density at radius 1 is 1.21 bits per heavy atom. The third-order valence-corrected chi connectivity index (χ3v) is 5.19. The Balaban J connectivity index is 1.57. The normalized spacial score (nSPS) is 11.1. The van der Waals surface area contributed by atoms with Crippen LogP contribution in [0.1, 0.15) is 43.2 Å². The first-order chi connectivity index (χ1) is 13.8. The standard InChI is InChI=1S/C22H23BrFN3O2/c1-14(2)15-4-6-16(7-5-15)22-25-20(29-26-22)10-11-21(28)27(3)13-17-12-18(23)8-9-19(17)24/h4-9,12,14H,10-11,13H2,1-3H3. The van der Waals surface area contributed by atoms with Crippen LogP contribution in [0.3, 0.4) is 0 Å². The Morgan fingerprint density at radius 2 is 1.93 bits per heavy atom. The number of aryl methyl sites for hydroxylation is 1. The van der Waals surface area contributed by atoms with E-state index in [0.717, 1.165) is 10.0 Å². The summed E-state index contributed by atoms with van der Waals surface area (Å²) in [6.07, 6.45) is 0.543. The Bertz CT molecular complexity index is 986. The second kappa shape index (κ2) is 9.31. The lowest BCUT2D eigenvalue weighted by Crippen LogP contribution is -2.26. The molecule has 29 heavy (non-hydrogen) atoms. The number of halogens is 2. The summed E-state index contributed by atoms with van der Waals surface area (Å²) in [6, 6.07) is 12.7. The molecule has 7 heteroatoms. The summed E-state index contributed by atoms with van der Waals surface area (Å²) in [5.41, 5.74) is 2.58. The van der Waals surface area contributed by atoms with Gasteiger partial charge >= 0.3 is 0 Å². The number of rotatable bonds is 7. The van der Waals surface area contributed by atoms with Gasteiger partial charge in [0.2, 0.25) is 17.6 Å². The molecule has 0 bridgehead atoms. The van der Waals surface area contributed by atoms with Gasteiger partial charge in [-0.15, -0.1) is 0 Å². The molecule has 0 aliphatic rings. The molecule has 0 aliphatic heterocycles. The summed E-state index contributed by atoms with van der Waals surface area (Å²) < 4.78 is 19.9. The molecule has 0 atom stereocenters. The maximum atomic E-state index is 13.9. The van der Waals surface area contributed by atoms with Crippen LogP contribution in [0.15, 0.2) is 51.5 Å². The van der Waals surface area contributed by atoms with Crippen molar-refractivity contribution >= 4 is 21.8 Å². The molecule has 5 nitrogen and oxygen atoms in total. The highest BCUT2D eigenvalue weighted by Gasteiger charge is 2.15. The summed E-state index contributed by atoms with van der Waals surface area (Å²) in [5, 5.41) is 4.01. The average Bonchev–Trinajstić information content (AvgIpc) is 3.18. The van der Waals surface area contributed by atoms with E-state index in [1.54, 1.807) is 19.2 Å². The van der Waals surface area contributed by atoms with Gasteiger partial charge in [-0.3, -0.25) is 4.79 Å². The van der Waals surface area contributed by atoms with Crippen molar-refractivity contribution in [2.75, 3.05) is 7.05 Å². The number of nitrogens with zero attached hydrogens (tertiary/aromatic N) is 3. The topological polar surface area (TPSA) is 59.2 Å². The zero-order chi connectivity index (χ0) is 21.0. The molecule has 0 unspecified atom stereocenters. The minimum atomic E-state index is -0.335. The maximum absolute atomic E-state index is 13.9. The Labute approximate surface area is 178 Å². The van der Waals surface area contributed by atoms with E-state index in [2.05, 4.69) is 52.1 Å². The predicted octanol–water partition coefficient (Wildman–Crippen LogP) is 5.35. The highest BCUT2D eigenvalue weighted by atomic mass is 79.9. The fourth-order valence-corrected chi connectivity index (χ4v) is 3.31. The Kier molecular flexibility index (Phi) is 6.79. The molecule has 0 radical (unpaired) electrons. The third kappa shape index (κ3) is 5.50. The molecule has 0 spiro atoms. The molecule has 1 heterocycles. The molecule has 0 saturated carbocycles. The van der Waals surface area contributed by atoms with Crippen molar-refractivity contribution in [3.05, 3.63) is 69.8 Å². The largest absolute Gasteiger partial charge is 0.341 e. The smallest absolute Gasteiger partial charge is 0.227 e. The number of carbonyl (C=O) groups excluding carboxylic acids is 1. The summed E-state index contributed by atoms with van der Waals surface area (Å²) >= 11 is 3.32. The lowest BCUT2D eigenvalue weighted by Gasteiger charge is -2.17. The fourth-order valence-electron chi connectivity index (χ4n) is 2.90. The second-order valence-electron chi connectivity index (χ2n) is 7.27. The number of carbonyl (C=O) groups is 1. The van der Waals surface area contributed by atoms with Crippen molar-refractivity contribution in [1.82, 2.24) is 15.0 Å². The van der Waals surface area contributed by atoms with Crippen molar-refractivity contribution in [3.8, 4) is 11.4 Å². The van der Waals surface area contributed by atoms with Gasteiger partial charge in [0.25, 0.3) is 0 Å². The van der Waals surface area contributed by atoms with Crippen LogP contribution < -0.4 is 0 Å². The van der Waals surface area contributed by atoms with Crippen LogP contribution in [0.25, 0.3) is 11.4 Å². The van der Waals surface area contributed by atoms with E-state index in [1.165, 1.54) is 16.5 Å². The van der Waals surface area contributed by atoms with Gasteiger partial charge in [0.15, 0.2) is 0 Å². The monoisotopic (exact) mass is 459 g/mol. The SMILES string of the molecule is CC(C)c1ccc(-c2noc(CCC(=O)N(C)Cc3cc(Br)ccc3F)n2)cc1. The zero-order valence-electron chi connectivity index (χ0n) is 16.7. The van der Waals surface area contributed by atoms with Crippen LogP contribution in [0.5, 0.6) is 0 Å². The third-order valence-electron chi connectivity index (χ3n) is 4.70. The fraction of sp³-hybridized carbons (Fsp3) is 0.318. The maximum Gasteiger partial charge on any atom is 0.227 e. The van der Waals surface area contributed by atoms with E-state index < -0.39 is 0 Å². The molecule has 0 aliphatic carbocycles. The molecular weight excluding hydrogens is 437 g/mol. The molecule has 1 amide bonds. The molecular formula is C22H23BrFN3O2. The van der Waals surface area contributed by atoms with E-state index in [1.807, 2.05) is 12.1 Å². The number of hydrogen-bond donors (Lipinski definition) is 0. The summed E-state index contributed by atoms with van der Waals surface area (Å²) in [5.74, 6) is 0.914. The molecule has 1 aromatic heterocycles. The van der Waals surface area contributed by atoms with Gasteiger partial charge in [-0.2, -0.15) is 4.98 Å². The molecule has 152 valence electrons. The van der Waals surface area contributed by atoms with Crippen molar-refractivity contribution < 1.29 is 13.7 Å². The minimum absolute atomic E-state index is 0.120. The number of aromatic nitrogens is 2. The van der Waals surface area contributed by atoms with Gasteiger partial charge in [0.1, 0.15) is 5.82 Å². The van der Waals surface area contributed by atoms with Crippen LogP contribution in [0, 0.1) is 5.82 Å². The Morgan fingerprint density at radius 3 is 2.62 bits per heavy atom. The Hall–Kier alpha value is -2.54. The van der Waals surface area contributed by atoms with E-state index in [4.69, 9.17) is 4.52 Å². The lowest BCUT2D eigenvalue weighted by molar-refractivity contribution is -0.130. The zero-order valence-corrected chi connectivity index (χ0v) is 18.2. The van der Waals surface area contributed by atoms with Gasteiger partial charge in [0.05, 0.1) is 0 Å². The van der Waals surface area contributed by atoms with Crippen LogP contribution >= 0.6 is 15.9 Å². The summed E-state index contributed by atoms with van der Waals surface area (Å²) in [4.78, 5) is 18.3. The molecule has 3 aromatic rings. The molecule has 0 fully saturated rings. The second-order valence-corrected chi connectivity index (χ2v) is 8.19. The van der Waals surface area contributed by atoms with E-state index in [-0.39, 0.29) is 24.7 Å². The van der Waals surface area contributed by atoms with Crippen molar-refractivity contribution in [1.29, 1.82) is 0 Å². The average molecular weight is 460 g/mol. The van der Waals surface area contributed by atoms with Gasteiger partial charge in [-0.05, 0) is 29.7 Å². The molecule has 0 N–H and O–H groups in total. The summed E-state index contributed by atoms with van der Waals surface area (Å²) in [6.45, 7) is 4.47. The predicted molar refractivity (Wildman–Crippen MR) is 113 cm³/mol. The number of amides is 1. The van der Waals surface area contributed by atoms with Gasteiger partial charge in [-0.1, -0.05) is 59.2 Å². The first kappa shape index (κ1) is 21.2. The molecule has 2 aromatic carbocycles. The molecule has 3 rings (SSSR count). The van der Waals surface area contributed by atoms with E-state index >= 15 is 0 Å².